The van der Waals surface area contributed by atoms with Crippen molar-refractivity contribution in [3.63, 3.8) is 0 Å². The maximum absolute atomic E-state index is 12.5. The molecule has 0 aliphatic rings. The molecule has 3 rings (SSSR count). The molecule has 1 aromatic heterocycles. The zero-order chi connectivity index (χ0) is 19.6. The SMILES string of the molecule is Cc1cc(C(=O)COC(=O)c2csc(-c3ccccc3)n2)c(C)c(C)c1C. The minimum Gasteiger partial charge on any atom is -0.453 e. The van der Waals surface area contributed by atoms with E-state index in [0.717, 1.165) is 27.3 Å². The van der Waals surface area contributed by atoms with Gasteiger partial charge in [0.15, 0.2) is 12.3 Å². The monoisotopic (exact) mass is 379 g/mol. The summed E-state index contributed by atoms with van der Waals surface area (Å²) in [6.07, 6.45) is 0. The molecule has 5 heteroatoms. The lowest BCUT2D eigenvalue weighted by molar-refractivity contribution is 0.0469. The first-order valence-electron chi connectivity index (χ1n) is 8.67. The molecule has 0 N–H and O–H groups in total. The van der Waals surface area contributed by atoms with Crippen molar-refractivity contribution in [3.8, 4) is 10.6 Å². The summed E-state index contributed by atoms with van der Waals surface area (Å²) >= 11 is 1.37. The Morgan fingerprint density at radius 3 is 2.41 bits per heavy atom. The van der Waals surface area contributed by atoms with Crippen LogP contribution in [0.4, 0.5) is 0 Å². The number of carbonyl (C=O) groups is 2. The quantitative estimate of drug-likeness (QED) is 0.458. The van der Waals surface area contributed by atoms with E-state index < -0.39 is 5.97 Å². The second-order valence-corrected chi connectivity index (χ2v) is 7.38. The lowest BCUT2D eigenvalue weighted by Crippen LogP contribution is -2.16. The summed E-state index contributed by atoms with van der Waals surface area (Å²) in [5.41, 5.74) is 6.03. The number of thiazole rings is 1. The minimum absolute atomic E-state index is 0.203. The Morgan fingerprint density at radius 1 is 1.00 bits per heavy atom. The summed E-state index contributed by atoms with van der Waals surface area (Å²) in [4.78, 5) is 29.1. The summed E-state index contributed by atoms with van der Waals surface area (Å²) in [6.45, 7) is 7.65. The molecule has 0 unspecified atom stereocenters. The number of aromatic nitrogens is 1. The summed E-state index contributed by atoms with van der Waals surface area (Å²) in [5.74, 6) is -0.787. The summed E-state index contributed by atoms with van der Waals surface area (Å²) in [5, 5.41) is 2.40. The maximum atomic E-state index is 12.5. The van der Waals surface area contributed by atoms with E-state index in [1.165, 1.54) is 16.9 Å². The molecule has 138 valence electrons. The number of rotatable bonds is 5. The van der Waals surface area contributed by atoms with Gasteiger partial charge >= 0.3 is 5.97 Å². The molecule has 0 radical (unpaired) electrons. The predicted molar refractivity (Wildman–Crippen MR) is 108 cm³/mol. The van der Waals surface area contributed by atoms with E-state index in [2.05, 4.69) is 4.98 Å². The van der Waals surface area contributed by atoms with Crippen LogP contribution < -0.4 is 0 Å². The Hall–Kier alpha value is -2.79. The summed E-state index contributed by atoms with van der Waals surface area (Å²) in [7, 11) is 0. The molecular formula is C22H21NO3S. The van der Waals surface area contributed by atoms with Gasteiger partial charge in [-0.05, 0) is 56.0 Å². The first-order valence-corrected chi connectivity index (χ1v) is 9.55. The smallest absolute Gasteiger partial charge is 0.358 e. The van der Waals surface area contributed by atoms with Crippen LogP contribution in [0.1, 0.15) is 43.1 Å². The van der Waals surface area contributed by atoms with Crippen molar-refractivity contribution in [2.24, 2.45) is 0 Å². The largest absolute Gasteiger partial charge is 0.453 e. The summed E-state index contributed by atoms with van der Waals surface area (Å²) < 4.78 is 5.21. The minimum atomic E-state index is -0.583. The number of ether oxygens (including phenoxy) is 1. The number of hydrogen-bond acceptors (Lipinski definition) is 5. The Kier molecular flexibility index (Phi) is 5.51. The topological polar surface area (TPSA) is 56.3 Å². The third-order valence-corrected chi connectivity index (χ3v) is 5.74. The van der Waals surface area contributed by atoms with Crippen molar-refractivity contribution in [2.75, 3.05) is 6.61 Å². The number of carbonyl (C=O) groups excluding carboxylic acids is 2. The molecule has 0 atom stereocenters. The van der Waals surface area contributed by atoms with Gasteiger partial charge in [0.2, 0.25) is 5.78 Å². The molecule has 27 heavy (non-hydrogen) atoms. The van der Waals surface area contributed by atoms with Crippen molar-refractivity contribution in [2.45, 2.75) is 27.7 Å². The molecule has 0 amide bonds. The van der Waals surface area contributed by atoms with Gasteiger partial charge in [-0.15, -0.1) is 11.3 Å². The molecule has 0 bridgehead atoms. The van der Waals surface area contributed by atoms with Crippen molar-refractivity contribution in [3.05, 3.63) is 75.3 Å². The predicted octanol–water partition coefficient (Wildman–Crippen LogP) is 5.08. The van der Waals surface area contributed by atoms with Gasteiger partial charge in [0, 0.05) is 16.5 Å². The zero-order valence-electron chi connectivity index (χ0n) is 15.8. The highest BCUT2D eigenvalue weighted by Crippen LogP contribution is 2.24. The van der Waals surface area contributed by atoms with E-state index in [4.69, 9.17) is 4.74 Å². The van der Waals surface area contributed by atoms with E-state index >= 15 is 0 Å². The van der Waals surface area contributed by atoms with E-state index in [9.17, 15) is 9.59 Å². The highest BCUT2D eigenvalue weighted by Gasteiger charge is 2.18. The second-order valence-electron chi connectivity index (χ2n) is 6.52. The normalized spacial score (nSPS) is 10.7. The molecule has 0 fully saturated rings. The molecular weight excluding hydrogens is 358 g/mol. The van der Waals surface area contributed by atoms with E-state index in [1.807, 2.05) is 64.1 Å². The molecule has 2 aromatic carbocycles. The van der Waals surface area contributed by atoms with Crippen LogP contribution in [0.3, 0.4) is 0 Å². The number of benzene rings is 2. The lowest BCUT2D eigenvalue weighted by Gasteiger charge is -2.13. The van der Waals surface area contributed by atoms with E-state index in [-0.39, 0.29) is 18.1 Å². The third kappa shape index (κ3) is 3.98. The number of aryl methyl sites for hydroxylation is 1. The van der Waals surface area contributed by atoms with Crippen molar-refractivity contribution in [1.82, 2.24) is 4.98 Å². The second kappa shape index (κ2) is 7.84. The maximum Gasteiger partial charge on any atom is 0.358 e. The van der Waals surface area contributed by atoms with E-state index in [0.29, 0.717) is 5.56 Å². The number of Topliss-reactive ketones (excluding diaryl/α,β-unsaturated/α-hetero) is 1. The van der Waals surface area contributed by atoms with Gasteiger partial charge in [-0.1, -0.05) is 30.3 Å². The van der Waals surface area contributed by atoms with Crippen molar-refractivity contribution in [1.29, 1.82) is 0 Å². The molecule has 0 saturated heterocycles. The van der Waals surface area contributed by atoms with Crippen LogP contribution in [0.25, 0.3) is 10.6 Å². The van der Waals surface area contributed by atoms with Crippen LogP contribution in [0.5, 0.6) is 0 Å². The zero-order valence-corrected chi connectivity index (χ0v) is 16.6. The molecule has 0 saturated carbocycles. The Labute approximate surface area is 162 Å². The number of nitrogens with zero attached hydrogens (tertiary/aromatic N) is 1. The van der Waals surface area contributed by atoms with Crippen LogP contribution >= 0.6 is 11.3 Å². The highest BCUT2D eigenvalue weighted by molar-refractivity contribution is 7.13. The van der Waals surface area contributed by atoms with Crippen LogP contribution in [-0.4, -0.2) is 23.3 Å². The van der Waals surface area contributed by atoms with Crippen LogP contribution in [-0.2, 0) is 4.74 Å². The standard InChI is InChI=1S/C22H21NO3S/c1-13-10-18(16(4)15(3)14(13)2)20(24)11-26-22(25)19-12-27-21(23-19)17-8-6-5-7-9-17/h5-10,12H,11H2,1-4H3. The fraction of sp³-hybridized carbons (Fsp3) is 0.227. The Bertz CT molecular complexity index is 1010. The highest BCUT2D eigenvalue weighted by atomic mass is 32.1. The van der Waals surface area contributed by atoms with Gasteiger partial charge in [0.25, 0.3) is 0 Å². The fourth-order valence-corrected chi connectivity index (χ4v) is 3.66. The Morgan fingerprint density at radius 2 is 1.70 bits per heavy atom. The average molecular weight is 379 g/mol. The van der Waals surface area contributed by atoms with Crippen molar-refractivity contribution >= 4 is 23.1 Å². The molecule has 0 spiro atoms. The average Bonchev–Trinajstić information content (AvgIpc) is 3.18. The van der Waals surface area contributed by atoms with Gasteiger partial charge in [-0.3, -0.25) is 4.79 Å². The van der Waals surface area contributed by atoms with Crippen LogP contribution in [0, 0.1) is 27.7 Å². The lowest BCUT2D eigenvalue weighted by atomic mass is 9.93. The van der Waals surface area contributed by atoms with Crippen LogP contribution in [0.2, 0.25) is 0 Å². The summed E-state index contributed by atoms with van der Waals surface area (Å²) in [6, 6.07) is 11.5. The fourth-order valence-electron chi connectivity index (χ4n) is 2.87. The number of ketones is 1. The molecule has 0 aliphatic carbocycles. The Balaban J connectivity index is 1.70. The first-order chi connectivity index (χ1) is 12.9. The van der Waals surface area contributed by atoms with Crippen molar-refractivity contribution < 1.29 is 14.3 Å². The van der Waals surface area contributed by atoms with Gasteiger partial charge in [0.1, 0.15) is 5.01 Å². The van der Waals surface area contributed by atoms with Gasteiger partial charge in [0.05, 0.1) is 0 Å². The van der Waals surface area contributed by atoms with Gasteiger partial charge in [-0.2, -0.15) is 0 Å². The van der Waals surface area contributed by atoms with Gasteiger partial charge < -0.3 is 4.74 Å². The van der Waals surface area contributed by atoms with Gasteiger partial charge in [-0.25, -0.2) is 9.78 Å². The van der Waals surface area contributed by atoms with E-state index in [1.54, 1.807) is 5.38 Å². The molecule has 4 nitrogen and oxygen atoms in total. The third-order valence-electron chi connectivity index (χ3n) is 4.85. The first kappa shape index (κ1) is 19.0. The number of esters is 1. The molecule has 1 heterocycles. The molecule has 0 aliphatic heterocycles. The number of hydrogen-bond donors (Lipinski definition) is 0. The molecule has 3 aromatic rings. The van der Waals surface area contributed by atoms with Crippen LogP contribution in [0.15, 0.2) is 41.8 Å².